The average molecular weight is 352 g/mol. The average Bonchev–Trinajstić information content (AvgIpc) is 3.05. The van der Waals surface area contributed by atoms with Gasteiger partial charge in [0.1, 0.15) is 17.5 Å². The van der Waals surface area contributed by atoms with Crippen molar-refractivity contribution in [1.82, 2.24) is 25.1 Å². The molecule has 1 aromatic carbocycles. The molecule has 0 amide bonds. The molecular formula is C17H14ClN7. The van der Waals surface area contributed by atoms with Crippen LogP contribution >= 0.6 is 11.6 Å². The highest BCUT2D eigenvalue weighted by Crippen LogP contribution is 2.28. The van der Waals surface area contributed by atoms with E-state index in [1.54, 1.807) is 6.20 Å². The van der Waals surface area contributed by atoms with Gasteiger partial charge in [0.2, 0.25) is 0 Å². The number of halogens is 1. The van der Waals surface area contributed by atoms with Gasteiger partial charge in [0.05, 0.1) is 0 Å². The summed E-state index contributed by atoms with van der Waals surface area (Å²) in [6.07, 6.45) is 5.04. The number of fused-ring (bicyclic) bond motifs is 1. The molecule has 0 atom stereocenters. The van der Waals surface area contributed by atoms with E-state index < -0.39 is 0 Å². The summed E-state index contributed by atoms with van der Waals surface area (Å²) in [4.78, 5) is 12.7. The number of hydrogen-bond donors (Lipinski definition) is 3. The SMILES string of the molecule is Clc1cccc(Nc2ncnc3[nH]nc(NCc4cccnc4)c23)c1. The number of H-pyrrole nitrogens is 1. The van der Waals surface area contributed by atoms with Crippen molar-refractivity contribution in [2.45, 2.75) is 6.54 Å². The molecule has 0 spiro atoms. The largest absolute Gasteiger partial charge is 0.364 e. The standard InChI is InChI=1S/C17H14ClN7/c18-12-4-1-5-13(7-12)23-15-14-16(24-25-17(14)22-10-21-15)20-9-11-3-2-6-19-8-11/h1-8,10H,9H2,(H3,20,21,22,23,24,25). The van der Waals surface area contributed by atoms with Gasteiger partial charge in [-0.2, -0.15) is 5.10 Å². The number of pyridine rings is 1. The smallest absolute Gasteiger partial charge is 0.162 e. The minimum atomic E-state index is 0.597. The summed E-state index contributed by atoms with van der Waals surface area (Å²) in [5, 5.41) is 15.2. The number of nitrogens with one attached hydrogen (secondary N) is 3. The van der Waals surface area contributed by atoms with Gasteiger partial charge in [-0.25, -0.2) is 9.97 Å². The predicted molar refractivity (Wildman–Crippen MR) is 98.0 cm³/mol. The van der Waals surface area contributed by atoms with Crippen molar-refractivity contribution in [2.75, 3.05) is 10.6 Å². The van der Waals surface area contributed by atoms with Gasteiger partial charge in [0, 0.05) is 29.6 Å². The van der Waals surface area contributed by atoms with E-state index in [9.17, 15) is 0 Å². The molecule has 124 valence electrons. The number of hydrogen-bond acceptors (Lipinski definition) is 6. The summed E-state index contributed by atoms with van der Waals surface area (Å²) in [5.41, 5.74) is 2.54. The zero-order chi connectivity index (χ0) is 17.1. The Hall–Kier alpha value is -3.19. The Morgan fingerprint density at radius 2 is 2.04 bits per heavy atom. The molecule has 0 aliphatic carbocycles. The van der Waals surface area contributed by atoms with Crippen molar-refractivity contribution in [3.05, 3.63) is 65.7 Å². The van der Waals surface area contributed by atoms with Crippen LogP contribution in [-0.4, -0.2) is 25.1 Å². The fraction of sp³-hybridized carbons (Fsp3) is 0.0588. The van der Waals surface area contributed by atoms with Crippen molar-refractivity contribution in [2.24, 2.45) is 0 Å². The molecule has 0 radical (unpaired) electrons. The Balaban J connectivity index is 1.64. The third-order valence-corrected chi connectivity index (χ3v) is 3.86. The summed E-state index contributed by atoms with van der Waals surface area (Å²) in [7, 11) is 0. The molecular weight excluding hydrogens is 338 g/mol. The van der Waals surface area contributed by atoms with E-state index in [0.29, 0.717) is 28.9 Å². The van der Waals surface area contributed by atoms with Gasteiger partial charge >= 0.3 is 0 Å². The Morgan fingerprint density at radius 3 is 2.88 bits per heavy atom. The lowest BCUT2D eigenvalue weighted by molar-refractivity contribution is 1.04. The minimum Gasteiger partial charge on any atom is -0.364 e. The van der Waals surface area contributed by atoms with Gasteiger partial charge in [0.15, 0.2) is 11.5 Å². The Kier molecular flexibility index (Phi) is 4.14. The topological polar surface area (TPSA) is 91.4 Å². The molecule has 3 heterocycles. The highest BCUT2D eigenvalue weighted by atomic mass is 35.5. The van der Waals surface area contributed by atoms with Gasteiger partial charge in [-0.1, -0.05) is 23.7 Å². The molecule has 0 aliphatic heterocycles. The molecule has 7 nitrogen and oxygen atoms in total. The number of anilines is 3. The van der Waals surface area contributed by atoms with Crippen LogP contribution in [0.2, 0.25) is 5.02 Å². The lowest BCUT2D eigenvalue weighted by atomic mass is 10.2. The summed E-state index contributed by atoms with van der Waals surface area (Å²) in [5.74, 6) is 1.32. The maximum Gasteiger partial charge on any atom is 0.162 e. The van der Waals surface area contributed by atoms with Crippen molar-refractivity contribution >= 4 is 40.0 Å². The first-order chi connectivity index (χ1) is 12.3. The fourth-order valence-corrected chi connectivity index (χ4v) is 2.66. The van der Waals surface area contributed by atoms with Crippen LogP contribution in [0.4, 0.5) is 17.3 Å². The van der Waals surface area contributed by atoms with E-state index in [4.69, 9.17) is 11.6 Å². The number of rotatable bonds is 5. The van der Waals surface area contributed by atoms with Crippen LogP contribution < -0.4 is 10.6 Å². The third kappa shape index (κ3) is 3.36. The molecule has 0 aliphatic rings. The number of aromatic amines is 1. The summed E-state index contributed by atoms with van der Waals surface area (Å²) in [6.45, 7) is 0.597. The Labute approximate surface area is 148 Å². The molecule has 0 bridgehead atoms. The monoisotopic (exact) mass is 351 g/mol. The van der Waals surface area contributed by atoms with Crippen LogP contribution in [-0.2, 0) is 6.54 Å². The number of nitrogens with zero attached hydrogens (tertiary/aromatic N) is 4. The lowest BCUT2D eigenvalue weighted by Gasteiger charge is -2.08. The van der Waals surface area contributed by atoms with Gasteiger partial charge in [-0.15, -0.1) is 0 Å². The fourth-order valence-electron chi connectivity index (χ4n) is 2.47. The molecule has 0 fully saturated rings. The zero-order valence-electron chi connectivity index (χ0n) is 13.1. The minimum absolute atomic E-state index is 0.597. The molecule has 4 rings (SSSR count). The van der Waals surface area contributed by atoms with Crippen LogP contribution in [0.3, 0.4) is 0 Å². The maximum atomic E-state index is 6.05. The number of benzene rings is 1. The lowest BCUT2D eigenvalue weighted by Crippen LogP contribution is -2.02. The van der Waals surface area contributed by atoms with Gasteiger partial charge in [-0.3, -0.25) is 10.1 Å². The van der Waals surface area contributed by atoms with Crippen LogP contribution in [0.15, 0.2) is 55.1 Å². The Bertz CT molecular complexity index is 1000. The molecule has 0 saturated carbocycles. The first-order valence-electron chi connectivity index (χ1n) is 7.64. The van der Waals surface area contributed by atoms with Crippen molar-refractivity contribution in [3.8, 4) is 0 Å². The zero-order valence-corrected chi connectivity index (χ0v) is 13.8. The Morgan fingerprint density at radius 1 is 1.08 bits per heavy atom. The van der Waals surface area contributed by atoms with Crippen LogP contribution in [0.5, 0.6) is 0 Å². The predicted octanol–water partition coefficient (Wildman–Crippen LogP) is 3.76. The quantitative estimate of drug-likeness (QED) is 0.507. The van der Waals surface area contributed by atoms with Crippen molar-refractivity contribution in [3.63, 3.8) is 0 Å². The van der Waals surface area contributed by atoms with Gasteiger partial charge in [0.25, 0.3) is 0 Å². The van der Waals surface area contributed by atoms with E-state index in [0.717, 1.165) is 16.6 Å². The summed E-state index contributed by atoms with van der Waals surface area (Å²) >= 11 is 6.05. The highest BCUT2D eigenvalue weighted by Gasteiger charge is 2.13. The second-order valence-electron chi connectivity index (χ2n) is 5.37. The van der Waals surface area contributed by atoms with E-state index in [1.165, 1.54) is 6.33 Å². The van der Waals surface area contributed by atoms with E-state index in [1.807, 2.05) is 42.6 Å². The molecule has 4 aromatic rings. The first kappa shape index (κ1) is 15.3. The molecule has 3 aromatic heterocycles. The summed E-state index contributed by atoms with van der Waals surface area (Å²) < 4.78 is 0. The van der Waals surface area contributed by atoms with Crippen LogP contribution in [0.1, 0.15) is 5.56 Å². The molecule has 8 heteroatoms. The first-order valence-corrected chi connectivity index (χ1v) is 8.02. The van der Waals surface area contributed by atoms with Crippen molar-refractivity contribution < 1.29 is 0 Å². The third-order valence-electron chi connectivity index (χ3n) is 3.63. The summed E-state index contributed by atoms with van der Waals surface area (Å²) in [6, 6.07) is 11.3. The van der Waals surface area contributed by atoms with Crippen LogP contribution in [0, 0.1) is 0 Å². The van der Waals surface area contributed by atoms with Crippen LogP contribution in [0.25, 0.3) is 11.0 Å². The van der Waals surface area contributed by atoms with Gasteiger partial charge < -0.3 is 10.6 Å². The highest BCUT2D eigenvalue weighted by molar-refractivity contribution is 6.30. The molecule has 0 saturated heterocycles. The van der Waals surface area contributed by atoms with E-state index >= 15 is 0 Å². The number of aromatic nitrogens is 5. The molecule has 25 heavy (non-hydrogen) atoms. The molecule has 3 N–H and O–H groups in total. The van der Waals surface area contributed by atoms with E-state index in [2.05, 4.69) is 35.8 Å². The normalized spacial score (nSPS) is 10.8. The molecule has 0 unspecified atom stereocenters. The van der Waals surface area contributed by atoms with E-state index in [-0.39, 0.29) is 0 Å². The second-order valence-corrected chi connectivity index (χ2v) is 5.80. The van der Waals surface area contributed by atoms with Gasteiger partial charge in [-0.05, 0) is 29.8 Å². The van der Waals surface area contributed by atoms with Crippen molar-refractivity contribution in [1.29, 1.82) is 0 Å². The second kappa shape index (κ2) is 6.74. The maximum absolute atomic E-state index is 6.05.